The van der Waals surface area contributed by atoms with Crippen molar-refractivity contribution in [2.45, 2.75) is 26.2 Å². The van der Waals surface area contributed by atoms with Crippen molar-refractivity contribution in [3.05, 3.63) is 24.3 Å². The Morgan fingerprint density at radius 1 is 1.25 bits per heavy atom. The normalized spacial score (nSPS) is 11.7. The van der Waals surface area contributed by atoms with Crippen LogP contribution in [0.1, 0.15) is 13.8 Å². The molecule has 90 valence electrons. The van der Waals surface area contributed by atoms with Gasteiger partial charge in [-0.2, -0.15) is 13.2 Å². The summed E-state index contributed by atoms with van der Waals surface area (Å²) >= 11 is 0. The van der Waals surface area contributed by atoms with Gasteiger partial charge in [-0.1, -0.05) is 6.07 Å². The summed E-state index contributed by atoms with van der Waals surface area (Å²) in [6, 6.07) is 5.27. The Labute approximate surface area is 92.6 Å². The molecule has 0 aliphatic rings. The Morgan fingerprint density at radius 3 is 2.31 bits per heavy atom. The van der Waals surface area contributed by atoms with Crippen LogP contribution in [0.4, 0.5) is 18.9 Å². The van der Waals surface area contributed by atoms with Gasteiger partial charge in [0.05, 0.1) is 7.11 Å². The van der Waals surface area contributed by atoms with Crippen molar-refractivity contribution in [1.29, 1.82) is 0 Å². The number of hydrogen-bond acceptors (Lipinski definition) is 2. The van der Waals surface area contributed by atoms with Crippen LogP contribution in [0.15, 0.2) is 24.3 Å². The first-order valence-electron chi connectivity index (χ1n) is 4.86. The number of benzene rings is 1. The van der Waals surface area contributed by atoms with Gasteiger partial charge in [0.15, 0.2) is 0 Å². The van der Waals surface area contributed by atoms with Gasteiger partial charge in [-0.15, -0.1) is 0 Å². The summed E-state index contributed by atoms with van der Waals surface area (Å²) < 4.78 is 43.2. The summed E-state index contributed by atoms with van der Waals surface area (Å²) in [7, 11) is 1.42. The second kappa shape index (κ2) is 4.63. The first-order chi connectivity index (χ1) is 7.36. The van der Waals surface area contributed by atoms with Crippen LogP contribution >= 0.6 is 0 Å². The highest BCUT2D eigenvalue weighted by Crippen LogP contribution is 2.32. The van der Waals surface area contributed by atoms with Crippen LogP contribution in [0.5, 0.6) is 5.75 Å². The fraction of sp³-hybridized carbons (Fsp3) is 0.455. The molecule has 0 N–H and O–H groups in total. The molecule has 1 rings (SSSR count). The summed E-state index contributed by atoms with van der Waals surface area (Å²) in [5, 5.41) is 0. The van der Waals surface area contributed by atoms with Crippen molar-refractivity contribution in [2.75, 3.05) is 12.0 Å². The topological polar surface area (TPSA) is 12.5 Å². The largest absolute Gasteiger partial charge is 0.497 e. The van der Waals surface area contributed by atoms with Crippen molar-refractivity contribution in [3.8, 4) is 5.75 Å². The summed E-state index contributed by atoms with van der Waals surface area (Å²) in [5.41, 5.74) is 0.0850. The SMILES string of the molecule is COc1cccc(N(C(C)C)C(F)(F)F)c1. The molecule has 0 aliphatic heterocycles. The molecule has 1 aromatic carbocycles. The molecule has 0 fully saturated rings. The fourth-order valence-electron chi connectivity index (χ4n) is 1.50. The predicted molar refractivity (Wildman–Crippen MR) is 56.7 cm³/mol. The highest BCUT2D eigenvalue weighted by atomic mass is 19.4. The second-order valence-corrected chi connectivity index (χ2v) is 3.63. The lowest BCUT2D eigenvalue weighted by Gasteiger charge is -2.30. The van der Waals surface area contributed by atoms with Crippen molar-refractivity contribution in [1.82, 2.24) is 0 Å². The smallest absolute Gasteiger partial charge is 0.485 e. The minimum atomic E-state index is -4.39. The molecule has 1 aromatic rings. The third-order valence-corrected chi connectivity index (χ3v) is 2.12. The maximum absolute atomic E-state index is 12.8. The molecule has 0 radical (unpaired) electrons. The van der Waals surface area contributed by atoms with Gasteiger partial charge < -0.3 is 4.74 Å². The Kier molecular flexibility index (Phi) is 3.67. The number of rotatable bonds is 3. The number of hydrogen-bond donors (Lipinski definition) is 0. The zero-order valence-corrected chi connectivity index (χ0v) is 9.38. The van der Waals surface area contributed by atoms with E-state index in [2.05, 4.69) is 0 Å². The highest BCUT2D eigenvalue weighted by Gasteiger charge is 2.39. The summed E-state index contributed by atoms with van der Waals surface area (Å²) in [6.45, 7) is 2.99. The molecule has 0 atom stereocenters. The van der Waals surface area contributed by atoms with Gasteiger partial charge in [-0.3, -0.25) is 4.90 Å². The van der Waals surface area contributed by atoms with Crippen molar-refractivity contribution >= 4 is 5.69 Å². The number of halogens is 3. The lowest BCUT2D eigenvalue weighted by atomic mass is 10.2. The fourth-order valence-corrected chi connectivity index (χ4v) is 1.50. The summed E-state index contributed by atoms with van der Waals surface area (Å²) in [5.74, 6) is 0.410. The van der Waals surface area contributed by atoms with Crippen LogP contribution < -0.4 is 9.64 Å². The average Bonchev–Trinajstić information content (AvgIpc) is 2.15. The van der Waals surface area contributed by atoms with Gasteiger partial charge in [0.2, 0.25) is 0 Å². The molecule has 2 nitrogen and oxygen atoms in total. The Bertz CT molecular complexity index is 349. The van der Waals surface area contributed by atoms with E-state index >= 15 is 0 Å². The van der Waals surface area contributed by atoms with E-state index in [0.29, 0.717) is 10.6 Å². The third kappa shape index (κ3) is 2.81. The lowest BCUT2D eigenvalue weighted by Crippen LogP contribution is -2.43. The molecule has 0 bridgehead atoms. The first kappa shape index (κ1) is 12.7. The molecule has 5 heteroatoms. The van der Waals surface area contributed by atoms with E-state index in [1.165, 1.54) is 39.2 Å². The second-order valence-electron chi connectivity index (χ2n) is 3.63. The molecule has 0 heterocycles. The summed E-state index contributed by atoms with van der Waals surface area (Å²) in [4.78, 5) is 0.398. The van der Waals surface area contributed by atoms with Gasteiger partial charge in [-0.05, 0) is 26.0 Å². The maximum Gasteiger partial charge on any atom is 0.485 e. The monoisotopic (exact) mass is 233 g/mol. The number of alkyl halides is 3. The zero-order chi connectivity index (χ0) is 12.3. The first-order valence-corrected chi connectivity index (χ1v) is 4.86. The van der Waals surface area contributed by atoms with E-state index in [4.69, 9.17) is 4.74 Å². The third-order valence-electron chi connectivity index (χ3n) is 2.12. The van der Waals surface area contributed by atoms with Crippen LogP contribution in [-0.4, -0.2) is 19.5 Å². The van der Waals surface area contributed by atoms with E-state index < -0.39 is 12.3 Å². The lowest BCUT2D eigenvalue weighted by molar-refractivity contribution is -0.133. The molecule has 0 saturated carbocycles. The molecular weight excluding hydrogens is 219 g/mol. The van der Waals surface area contributed by atoms with Crippen molar-refractivity contribution in [3.63, 3.8) is 0 Å². The predicted octanol–water partition coefficient (Wildman–Crippen LogP) is 3.43. The Balaban J connectivity index is 3.11. The molecule has 0 spiro atoms. The maximum atomic E-state index is 12.8. The van der Waals surface area contributed by atoms with E-state index in [1.807, 2.05) is 0 Å². The Morgan fingerprint density at radius 2 is 1.88 bits per heavy atom. The molecule has 0 aliphatic carbocycles. The quantitative estimate of drug-likeness (QED) is 0.741. The minimum Gasteiger partial charge on any atom is -0.497 e. The van der Waals surface area contributed by atoms with E-state index in [1.54, 1.807) is 6.07 Å². The zero-order valence-electron chi connectivity index (χ0n) is 9.38. The molecular formula is C11H14F3NO. The molecule has 0 unspecified atom stereocenters. The van der Waals surface area contributed by atoms with Gasteiger partial charge in [0.25, 0.3) is 0 Å². The minimum absolute atomic E-state index is 0.0850. The van der Waals surface area contributed by atoms with Gasteiger partial charge in [0, 0.05) is 17.8 Å². The standard InChI is InChI=1S/C11H14F3NO/c1-8(2)15(11(12,13)14)9-5-4-6-10(7-9)16-3/h4-8H,1-3H3. The Hall–Kier alpha value is -1.39. The van der Waals surface area contributed by atoms with Crippen LogP contribution in [0.2, 0.25) is 0 Å². The van der Waals surface area contributed by atoms with Crippen molar-refractivity contribution in [2.24, 2.45) is 0 Å². The highest BCUT2D eigenvalue weighted by molar-refractivity contribution is 5.52. The van der Waals surface area contributed by atoms with Gasteiger partial charge >= 0.3 is 6.30 Å². The molecule has 16 heavy (non-hydrogen) atoms. The average molecular weight is 233 g/mol. The van der Waals surface area contributed by atoms with Gasteiger partial charge in [0.1, 0.15) is 5.75 Å². The molecule has 0 amide bonds. The number of anilines is 1. The van der Waals surface area contributed by atoms with E-state index in [9.17, 15) is 13.2 Å². The van der Waals surface area contributed by atoms with Crippen LogP contribution in [0, 0.1) is 0 Å². The van der Waals surface area contributed by atoms with Gasteiger partial charge in [-0.25, -0.2) is 0 Å². The van der Waals surface area contributed by atoms with E-state index in [-0.39, 0.29) is 5.69 Å². The van der Waals surface area contributed by atoms with Crippen LogP contribution in [-0.2, 0) is 0 Å². The number of ether oxygens (including phenoxy) is 1. The molecule has 0 aromatic heterocycles. The number of nitrogens with zero attached hydrogens (tertiary/aromatic N) is 1. The number of methoxy groups -OCH3 is 1. The molecule has 0 saturated heterocycles. The van der Waals surface area contributed by atoms with Crippen LogP contribution in [0.25, 0.3) is 0 Å². The van der Waals surface area contributed by atoms with Crippen LogP contribution in [0.3, 0.4) is 0 Å². The van der Waals surface area contributed by atoms with Crippen molar-refractivity contribution < 1.29 is 17.9 Å². The summed E-state index contributed by atoms with van der Waals surface area (Å²) in [6.07, 6.45) is -4.39. The van der Waals surface area contributed by atoms with E-state index in [0.717, 1.165) is 0 Å².